The molecule has 0 fully saturated rings. The molecule has 4 N–H and O–H groups in total. The summed E-state index contributed by atoms with van der Waals surface area (Å²) in [6.45, 7) is 6.20. The third kappa shape index (κ3) is 12.6. The molecule has 0 radical (unpaired) electrons. The zero-order chi connectivity index (χ0) is 43.3. The lowest BCUT2D eigenvalue weighted by Crippen LogP contribution is -2.13. The number of sulfonamides is 2. The van der Waals surface area contributed by atoms with Crippen LogP contribution in [0.25, 0.3) is 0 Å². The Balaban J connectivity index is 0.000000228. The topological polar surface area (TPSA) is 167 Å². The summed E-state index contributed by atoms with van der Waals surface area (Å²) >= 11 is 0. The number of benzene rings is 6. The number of carbonyl (C=O) groups is 2. The highest BCUT2D eigenvalue weighted by atomic mass is 32.2. The second-order valence-electron chi connectivity index (χ2n) is 14.6. The van der Waals surface area contributed by atoms with Crippen LogP contribution in [0.2, 0.25) is 0 Å². The van der Waals surface area contributed by atoms with Gasteiger partial charge in [0.2, 0.25) is 0 Å². The van der Waals surface area contributed by atoms with E-state index in [-0.39, 0.29) is 9.79 Å². The molecule has 0 aliphatic carbocycles. The van der Waals surface area contributed by atoms with Gasteiger partial charge in [-0.3, -0.25) is 9.44 Å². The van der Waals surface area contributed by atoms with E-state index in [1.54, 1.807) is 72.8 Å². The Morgan fingerprint density at radius 3 is 1.20 bits per heavy atom. The van der Waals surface area contributed by atoms with Gasteiger partial charge in [0.1, 0.15) is 0 Å². The minimum absolute atomic E-state index is 0.223. The lowest BCUT2D eigenvalue weighted by atomic mass is 10.00. The molecule has 60 heavy (non-hydrogen) atoms. The minimum atomic E-state index is -3.65. The number of carboxylic acid groups (broad SMARTS) is 2. The summed E-state index contributed by atoms with van der Waals surface area (Å²) < 4.78 is 55.6. The Bertz CT molecular complexity index is 2590. The standard InChI is InChI=1S/2C24H25NO4S/c1-17(2)19-11-15-22(16-12-19)30(28,29)25-21-13-8-18(9-14-21)7-10-20-5-3-4-6-23(20)24(26)27;1-2-5-18-11-16-22(17-12-18)30(28,29)25-21-14-9-19(10-15-21)8-13-20-6-3-4-7-23(20)24(26)27/h3-6,8-9,11-17,25H,7,10H2,1-2H3,(H,26,27);3-4,6-7,9-12,14-17,25H,2,5,8,13H2,1H3,(H,26,27). The summed E-state index contributed by atoms with van der Waals surface area (Å²) in [7, 11) is -7.30. The average molecular weight is 847 g/mol. The van der Waals surface area contributed by atoms with Crippen molar-refractivity contribution < 1.29 is 36.6 Å². The summed E-state index contributed by atoms with van der Waals surface area (Å²) in [5, 5.41) is 18.6. The van der Waals surface area contributed by atoms with E-state index in [1.165, 1.54) is 0 Å². The molecule has 0 amide bonds. The van der Waals surface area contributed by atoms with Gasteiger partial charge in [-0.2, -0.15) is 0 Å². The Labute approximate surface area is 353 Å². The second-order valence-corrected chi connectivity index (χ2v) is 18.0. The predicted octanol–water partition coefficient (Wildman–Crippen LogP) is 10.0. The molecule has 6 aromatic rings. The largest absolute Gasteiger partial charge is 0.478 e. The van der Waals surface area contributed by atoms with Crippen molar-refractivity contribution in [2.24, 2.45) is 0 Å². The molecule has 0 bridgehead atoms. The summed E-state index contributed by atoms with van der Waals surface area (Å²) in [6, 6.07) is 42.0. The normalized spacial score (nSPS) is 11.3. The summed E-state index contributed by atoms with van der Waals surface area (Å²) in [4.78, 5) is 23.1. The third-order valence-electron chi connectivity index (χ3n) is 9.90. The van der Waals surface area contributed by atoms with Crippen LogP contribution in [0.3, 0.4) is 0 Å². The molecule has 6 aromatic carbocycles. The number of nitrogens with one attached hydrogen (secondary N) is 2. The SMILES string of the molecule is CC(C)c1ccc(S(=O)(=O)Nc2ccc(CCc3ccccc3C(=O)O)cc2)cc1.CCCc1ccc(S(=O)(=O)Nc2ccc(CCc3ccccc3C(=O)O)cc2)cc1. The fourth-order valence-corrected chi connectivity index (χ4v) is 8.63. The molecule has 10 nitrogen and oxygen atoms in total. The van der Waals surface area contributed by atoms with Crippen LogP contribution >= 0.6 is 0 Å². The highest BCUT2D eigenvalue weighted by Crippen LogP contribution is 2.22. The first kappa shape index (κ1) is 44.9. The molecule has 0 saturated heterocycles. The molecule has 6 rings (SSSR count). The lowest BCUT2D eigenvalue weighted by molar-refractivity contribution is 0.0684. The molecule has 0 aliphatic heterocycles. The smallest absolute Gasteiger partial charge is 0.335 e. The molecule has 0 saturated carbocycles. The monoisotopic (exact) mass is 846 g/mol. The van der Waals surface area contributed by atoms with E-state index in [1.807, 2.05) is 72.8 Å². The van der Waals surface area contributed by atoms with Crippen LogP contribution in [0.5, 0.6) is 0 Å². The van der Waals surface area contributed by atoms with Crippen molar-refractivity contribution >= 4 is 43.4 Å². The van der Waals surface area contributed by atoms with E-state index in [0.29, 0.717) is 54.1 Å². The van der Waals surface area contributed by atoms with Crippen molar-refractivity contribution in [3.8, 4) is 0 Å². The van der Waals surface area contributed by atoms with E-state index < -0.39 is 32.0 Å². The van der Waals surface area contributed by atoms with Crippen molar-refractivity contribution in [2.45, 2.75) is 75.0 Å². The van der Waals surface area contributed by atoms with Gasteiger partial charge in [-0.15, -0.1) is 0 Å². The third-order valence-corrected chi connectivity index (χ3v) is 12.7. The quantitative estimate of drug-likeness (QED) is 0.0704. The van der Waals surface area contributed by atoms with Crippen LogP contribution in [0, 0.1) is 0 Å². The van der Waals surface area contributed by atoms with Crippen LogP contribution in [-0.4, -0.2) is 39.0 Å². The number of hydrogen-bond acceptors (Lipinski definition) is 6. The summed E-state index contributed by atoms with van der Waals surface area (Å²) in [5.74, 6) is -1.53. The molecular weight excluding hydrogens is 797 g/mol. The predicted molar refractivity (Wildman–Crippen MR) is 237 cm³/mol. The van der Waals surface area contributed by atoms with Gasteiger partial charge >= 0.3 is 11.9 Å². The zero-order valence-electron chi connectivity index (χ0n) is 33.8. The van der Waals surface area contributed by atoms with Gasteiger partial charge < -0.3 is 10.2 Å². The summed E-state index contributed by atoms with van der Waals surface area (Å²) in [5.41, 5.74) is 7.35. The Morgan fingerprint density at radius 1 is 0.483 bits per heavy atom. The van der Waals surface area contributed by atoms with Crippen molar-refractivity contribution in [1.29, 1.82) is 0 Å². The first-order chi connectivity index (χ1) is 28.6. The van der Waals surface area contributed by atoms with Crippen LogP contribution in [0.4, 0.5) is 11.4 Å². The Hall–Kier alpha value is -6.24. The Kier molecular flexibility index (Phi) is 15.4. The van der Waals surface area contributed by atoms with Gasteiger partial charge in [-0.25, -0.2) is 26.4 Å². The van der Waals surface area contributed by atoms with Crippen molar-refractivity contribution in [1.82, 2.24) is 0 Å². The van der Waals surface area contributed by atoms with E-state index in [4.69, 9.17) is 0 Å². The van der Waals surface area contributed by atoms with Crippen molar-refractivity contribution in [3.63, 3.8) is 0 Å². The maximum absolute atomic E-state index is 12.6. The second kappa shape index (κ2) is 20.6. The maximum Gasteiger partial charge on any atom is 0.335 e. The number of aryl methyl sites for hydroxylation is 5. The highest BCUT2D eigenvalue weighted by molar-refractivity contribution is 7.93. The van der Waals surface area contributed by atoms with E-state index in [2.05, 4.69) is 30.2 Å². The number of anilines is 2. The van der Waals surface area contributed by atoms with Crippen molar-refractivity contribution in [3.05, 3.63) is 190 Å². The fraction of sp³-hybridized carbons (Fsp3) is 0.208. The van der Waals surface area contributed by atoms with E-state index >= 15 is 0 Å². The van der Waals surface area contributed by atoms with E-state index in [0.717, 1.165) is 46.2 Å². The maximum atomic E-state index is 12.6. The fourth-order valence-electron chi connectivity index (χ4n) is 6.51. The Morgan fingerprint density at radius 2 is 0.833 bits per heavy atom. The molecule has 12 heteroatoms. The van der Waals surface area contributed by atoms with Crippen LogP contribution < -0.4 is 9.44 Å². The number of aromatic carboxylic acids is 2. The molecular formula is C48H50N2O8S2. The van der Waals surface area contributed by atoms with Gasteiger partial charge in [-0.05, 0) is 132 Å². The van der Waals surface area contributed by atoms with Crippen LogP contribution in [-0.2, 0) is 52.2 Å². The molecule has 0 atom stereocenters. The molecule has 0 spiro atoms. The minimum Gasteiger partial charge on any atom is -0.478 e. The van der Waals surface area contributed by atoms with Gasteiger partial charge in [0.05, 0.1) is 20.9 Å². The molecule has 312 valence electrons. The van der Waals surface area contributed by atoms with Gasteiger partial charge in [0.15, 0.2) is 0 Å². The van der Waals surface area contributed by atoms with Crippen LogP contribution in [0.15, 0.2) is 155 Å². The average Bonchev–Trinajstić information content (AvgIpc) is 3.23. The lowest BCUT2D eigenvalue weighted by Gasteiger charge is -2.11. The molecule has 0 unspecified atom stereocenters. The summed E-state index contributed by atoms with van der Waals surface area (Å²) in [6.07, 6.45) is 4.45. The number of hydrogen-bond donors (Lipinski definition) is 4. The number of rotatable bonds is 17. The highest BCUT2D eigenvalue weighted by Gasteiger charge is 2.16. The molecule has 0 aliphatic rings. The first-order valence-corrected chi connectivity index (χ1v) is 22.7. The van der Waals surface area contributed by atoms with Gasteiger partial charge in [0.25, 0.3) is 20.0 Å². The van der Waals surface area contributed by atoms with Gasteiger partial charge in [-0.1, -0.05) is 112 Å². The molecule has 0 heterocycles. The first-order valence-electron chi connectivity index (χ1n) is 19.7. The zero-order valence-corrected chi connectivity index (χ0v) is 35.5. The van der Waals surface area contributed by atoms with Crippen LogP contribution in [0.1, 0.15) is 87.2 Å². The van der Waals surface area contributed by atoms with E-state index in [9.17, 15) is 36.6 Å². The van der Waals surface area contributed by atoms with Gasteiger partial charge in [0, 0.05) is 11.4 Å². The molecule has 0 aromatic heterocycles. The van der Waals surface area contributed by atoms with Crippen molar-refractivity contribution in [2.75, 3.05) is 9.44 Å². The number of carboxylic acids is 2.